The molecule has 1 aromatic rings. The number of aromatic nitrogens is 2. The summed E-state index contributed by atoms with van der Waals surface area (Å²) in [5, 5.41) is 16.7. The average molecular weight is 267 g/mol. The highest BCUT2D eigenvalue weighted by Crippen LogP contribution is 2.46. The number of aliphatic carboxylic acids is 1. The van der Waals surface area contributed by atoms with Crippen molar-refractivity contribution in [3.8, 4) is 0 Å². The van der Waals surface area contributed by atoms with Crippen molar-refractivity contribution >= 4 is 22.4 Å². The van der Waals surface area contributed by atoms with Crippen LogP contribution in [0.15, 0.2) is 0 Å². The molecule has 0 aromatic carbocycles. The second-order valence-corrected chi connectivity index (χ2v) is 4.83. The largest absolute Gasteiger partial charge is 0.481 e. The number of carbonyl (C=O) groups is 1. The Morgan fingerprint density at radius 1 is 1.47 bits per heavy atom. The molecule has 5 nitrogen and oxygen atoms in total. The maximum absolute atomic E-state index is 12.2. The van der Waals surface area contributed by atoms with Crippen molar-refractivity contribution in [3.63, 3.8) is 0 Å². The van der Waals surface area contributed by atoms with Crippen LogP contribution in [0, 0.1) is 5.41 Å². The molecule has 1 aliphatic rings. The molecule has 17 heavy (non-hydrogen) atoms. The van der Waals surface area contributed by atoms with Crippen LogP contribution >= 0.6 is 11.3 Å². The van der Waals surface area contributed by atoms with Crippen LogP contribution in [0.3, 0.4) is 0 Å². The van der Waals surface area contributed by atoms with Gasteiger partial charge in [-0.1, -0.05) is 11.3 Å². The van der Waals surface area contributed by atoms with Crippen molar-refractivity contribution in [2.24, 2.45) is 5.41 Å². The van der Waals surface area contributed by atoms with Gasteiger partial charge in [-0.05, 0) is 12.8 Å². The van der Waals surface area contributed by atoms with Gasteiger partial charge in [-0.15, -0.1) is 10.2 Å². The second kappa shape index (κ2) is 3.83. The number of nitrogens with zero attached hydrogens (tertiary/aromatic N) is 2. The van der Waals surface area contributed by atoms with E-state index >= 15 is 0 Å². The monoisotopic (exact) mass is 267 g/mol. The van der Waals surface area contributed by atoms with Crippen LogP contribution in [0.1, 0.15) is 17.8 Å². The van der Waals surface area contributed by atoms with Crippen molar-refractivity contribution in [2.45, 2.75) is 19.0 Å². The number of rotatable bonds is 4. The fourth-order valence-electron chi connectivity index (χ4n) is 1.27. The van der Waals surface area contributed by atoms with E-state index in [1.54, 1.807) is 0 Å². The van der Waals surface area contributed by atoms with Crippen LogP contribution in [-0.2, 0) is 11.0 Å². The molecule has 0 radical (unpaired) electrons. The van der Waals surface area contributed by atoms with Gasteiger partial charge >= 0.3 is 12.1 Å². The van der Waals surface area contributed by atoms with Gasteiger partial charge in [0.15, 0.2) is 0 Å². The lowest BCUT2D eigenvalue weighted by Crippen LogP contribution is -2.24. The first kappa shape index (κ1) is 12.1. The maximum Gasteiger partial charge on any atom is 0.445 e. The number of anilines is 1. The van der Waals surface area contributed by atoms with Gasteiger partial charge < -0.3 is 10.4 Å². The molecule has 0 saturated heterocycles. The number of hydrogen-bond acceptors (Lipinski definition) is 5. The van der Waals surface area contributed by atoms with Gasteiger partial charge in [0.05, 0.1) is 5.41 Å². The van der Waals surface area contributed by atoms with Crippen LogP contribution in [0.5, 0.6) is 0 Å². The average Bonchev–Trinajstić information content (AvgIpc) is 2.85. The fraction of sp³-hybridized carbons (Fsp3) is 0.625. The lowest BCUT2D eigenvalue weighted by Gasteiger charge is -2.08. The zero-order chi connectivity index (χ0) is 12.7. The molecular weight excluding hydrogens is 259 g/mol. The molecule has 1 aliphatic carbocycles. The van der Waals surface area contributed by atoms with Crippen LogP contribution in [0.2, 0.25) is 0 Å². The third-order valence-electron chi connectivity index (χ3n) is 2.55. The summed E-state index contributed by atoms with van der Waals surface area (Å²) in [6.45, 7) is 0.0782. The number of nitrogens with one attached hydrogen (secondary N) is 1. The number of carboxylic acids is 1. The molecule has 0 unspecified atom stereocenters. The smallest absolute Gasteiger partial charge is 0.445 e. The van der Waals surface area contributed by atoms with E-state index < -0.39 is 22.6 Å². The van der Waals surface area contributed by atoms with E-state index in [1.165, 1.54) is 0 Å². The van der Waals surface area contributed by atoms with Crippen molar-refractivity contribution in [3.05, 3.63) is 5.01 Å². The van der Waals surface area contributed by atoms with E-state index in [9.17, 15) is 18.0 Å². The Labute approximate surface area is 97.7 Å². The molecular formula is C8H8F3N3O2S. The lowest BCUT2D eigenvalue weighted by atomic mass is 10.1. The van der Waals surface area contributed by atoms with E-state index in [2.05, 4.69) is 15.5 Å². The number of carboxylic acid groups (broad SMARTS) is 1. The van der Waals surface area contributed by atoms with Crippen molar-refractivity contribution in [2.75, 3.05) is 11.9 Å². The molecule has 1 fully saturated rings. The van der Waals surface area contributed by atoms with E-state index in [0.717, 1.165) is 0 Å². The van der Waals surface area contributed by atoms with Crippen molar-refractivity contribution < 1.29 is 23.1 Å². The van der Waals surface area contributed by atoms with Gasteiger partial charge in [0.2, 0.25) is 10.1 Å². The maximum atomic E-state index is 12.2. The Kier molecular flexibility index (Phi) is 2.72. The summed E-state index contributed by atoms with van der Waals surface area (Å²) in [4.78, 5) is 10.8. The summed E-state index contributed by atoms with van der Waals surface area (Å²) in [5.74, 6) is -0.939. The zero-order valence-corrected chi connectivity index (χ0v) is 9.23. The Bertz CT molecular complexity index is 441. The van der Waals surface area contributed by atoms with Gasteiger partial charge in [-0.3, -0.25) is 4.79 Å². The molecule has 0 amide bonds. The van der Waals surface area contributed by atoms with E-state index in [1.807, 2.05) is 0 Å². The summed E-state index contributed by atoms with van der Waals surface area (Å²) in [7, 11) is 0. The highest BCUT2D eigenvalue weighted by molar-refractivity contribution is 7.15. The Morgan fingerprint density at radius 2 is 2.12 bits per heavy atom. The van der Waals surface area contributed by atoms with Crippen molar-refractivity contribution in [1.82, 2.24) is 10.2 Å². The molecule has 9 heteroatoms. The van der Waals surface area contributed by atoms with Gasteiger partial charge in [0.1, 0.15) is 0 Å². The predicted molar refractivity (Wildman–Crippen MR) is 52.7 cm³/mol. The normalized spacial score (nSPS) is 17.8. The first-order valence-electron chi connectivity index (χ1n) is 4.71. The van der Waals surface area contributed by atoms with Crippen molar-refractivity contribution in [1.29, 1.82) is 0 Å². The Morgan fingerprint density at radius 3 is 2.53 bits per heavy atom. The molecule has 0 atom stereocenters. The highest BCUT2D eigenvalue weighted by Gasteiger charge is 2.50. The molecule has 2 N–H and O–H groups in total. The third kappa shape index (κ3) is 2.48. The van der Waals surface area contributed by atoms with Gasteiger partial charge in [0.25, 0.3) is 0 Å². The molecule has 0 spiro atoms. The molecule has 2 rings (SSSR count). The topological polar surface area (TPSA) is 75.1 Å². The minimum absolute atomic E-state index is 0.00940. The Balaban J connectivity index is 1.97. The lowest BCUT2D eigenvalue weighted by molar-refractivity contribution is -0.142. The third-order valence-corrected chi connectivity index (χ3v) is 3.48. The molecule has 0 bridgehead atoms. The van der Waals surface area contributed by atoms with Gasteiger partial charge in [-0.25, -0.2) is 0 Å². The summed E-state index contributed by atoms with van der Waals surface area (Å²) < 4.78 is 36.6. The second-order valence-electron chi connectivity index (χ2n) is 3.85. The number of hydrogen-bond donors (Lipinski definition) is 2. The SMILES string of the molecule is O=C(O)C1(CNc2nnc(C(F)(F)F)s2)CC1. The molecule has 0 aliphatic heterocycles. The summed E-state index contributed by atoms with van der Waals surface area (Å²) in [6.07, 6.45) is -3.46. The molecule has 1 heterocycles. The zero-order valence-electron chi connectivity index (χ0n) is 8.41. The fourth-order valence-corrected chi connectivity index (χ4v) is 1.88. The predicted octanol–water partition coefficient (Wildman–Crippen LogP) is 1.83. The quantitative estimate of drug-likeness (QED) is 0.870. The first-order chi connectivity index (χ1) is 7.83. The number of alkyl halides is 3. The first-order valence-corrected chi connectivity index (χ1v) is 5.53. The molecule has 1 saturated carbocycles. The van der Waals surface area contributed by atoms with Crippen LogP contribution in [0.4, 0.5) is 18.3 Å². The van der Waals surface area contributed by atoms with Gasteiger partial charge in [0, 0.05) is 6.54 Å². The van der Waals surface area contributed by atoms with E-state index in [-0.39, 0.29) is 11.7 Å². The highest BCUT2D eigenvalue weighted by atomic mass is 32.1. The molecule has 94 valence electrons. The Hall–Kier alpha value is -1.38. The summed E-state index contributed by atoms with van der Waals surface area (Å²) in [5.41, 5.74) is -0.843. The number of halogens is 3. The summed E-state index contributed by atoms with van der Waals surface area (Å²) >= 11 is 0.369. The van der Waals surface area contributed by atoms with Crippen LogP contribution < -0.4 is 5.32 Å². The van der Waals surface area contributed by atoms with Gasteiger partial charge in [-0.2, -0.15) is 13.2 Å². The van der Waals surface area contributed by atoms with Crippen LogP contribution in [-0.4, -0.2) is 27.8 Å². The standard InChI is InChI=1S/C8H8F3N3O2S/c9-8(10,11)4-13-14-6(17-4)12-3-7(1-2-7)5(15)16/h1-3H2,(H,12,14)(H,15,16). The van der Waals surface area contributed by atoms with Crippen LogP contribution in [0.25, 0.3) is 0 Å². The minimum atomic E-state index is -4.51. The molecule has 1 aromatic heterocycles. The summed E-state index contributed by atoms with van der Waals surface area (Å²) in [6, 6.07) is 0. The van der Waals surface area contributed by atoms with E-state index in [0.29, 0.717) is 24.2 Å². The van der Waals surface area contributed by atoms with E-state index in [4.69, 9.17) is 5.11 Å². The minimum Gasteiger partial charge on any atom is -0.481 e.